The number of pyridine rings is 1. The number of amides is 1. The summed E-state index contributed by atoms with van der Waals surface area (Å²) >= 11 is 1.18. The number of nitriles is 1. The third-order valence-electron chi connectivity index (χ3n) is 3.15. The highest BCUT2D eigenvalue weighted by atomic mass is 32.2. The molecule has 0 aliphatic rings. The van der Waals surface area contributed by atoms with E-state index in [9.17, 15) is 14.9 Å². The molecule has 1 aromatic heterocycles. The fourth-order valence-corrected chi connectivity index (χ4v) is 2.55. The molecule has 23 heavy (non-hydrogen) atoms. The van der Waals surface area contributed by atoms with E-state index in [1.165, 1.54) is 17.8 Å². The molecule has 7 heteroatoms. The zero-order valence-electron chi connectivity index (χ0n) is 13.8. The van der Waals surface area contributed by atoms with Gasteiger partial charge in [-0.2, -0.15) is 5.26 Å². The average molecular weight is 335 g/mol. The summed E-state index contributed by atoms with van der Waals surface area (Å²) in [4.78, 5) is 27.9. The lowest BCUT2D eigenvalue weighted by molar-refractivity contribution is -0.119. The van der Waals surface area contributed by atoms with E-state index in [0.29, 0.717) is 10.7 Å². The summed E-state index contributed by atoms with van der Waals surface area (Å²) in [5.41, 5.74) is 1.02. The van der Waals surface area contributed by atoms with Crippen molar-refractivity contribution in [3.05, 3.63) is 22.9 Å². The van der Waals surface area contributed by atoms with E-state index in [1.54, 1.807) is 13.8 Å². The number of rotatable bonds is 7. The summed E-state index contributed by atoms with van der Waals surface area (Å²) in [6.07, 6.45) is 0.853. The summed E-state index contributed by atoms with van der Waals surface area (Å²) in [5.74, 6) is -0.438. The van der Waals surface area contributed by atoms with Crippen LogP contribution in [0.1, 0.15) is 48.8 Å². The monoisotopic (exact) mass is 335 g/mol. The Morgan fingerprint density at radius 1 is 1.48 bits per heavy atom. The van der Waals surface area contributed by atoms with Crippen LogP contribution in [0, 0.1) is 18.3 Å². The first-order chi connectivity index (χ1) is 10.9. The zero-order chi connectivity index (χ0) is 17.4. The summed E-state index contributed by atoms with van der Waals surface area (Å²) in [6.45, 7) is 7.57. The summed E-state index contributed by atoms with van der Waals surface area (Å²) in [6, 6.07) is 3.59. The molecule has 0 unspecified atom stereocenters. The van der Waals surface area contributed by atoms with Gasteiger partial charge in [-0.25, -0.2) is 9.78 Å². The predicted molar refractivity (Wildman–Crippen MR) is 88.3 cm³/mol. The minimum Gasteiger partial charge on any atom is -0.462 e. The molecule has 0 fully saturated rings. The molecule has 0 saturated heterocycles. The summed E-state index contributed by atoms with van der Waals surface area (Å²) in [5, 5.41) is 12.5. The van der Waals surface area contributed by atoms with Crippen LogP contribution in [-0.4, -0.2) is 35.3 Å². The molecule has 0 bridgehead atoms. The van der Waals surface area contributed by atoms with Gasteiger partial charge in [0.05, 0.1) is 29.2 Å². The van der Waals surface area contributed by atoms with E-state index in [-0.39, 0.29) is 35.4 Å². The maximum absolute atomic E-state index is 11.8. The van der Waals surface area contributed by atoms with Crippen molar-refractivity contribution >= 4 is 23.6 Å². The Morgan fingerprint density at radius 2 is 2.17 bits per heavy atom. The van der Waals surface area contributed by atoms with Gasteiger partial charge in [0.15, 0.2) is 0 Å². The average Bonchev–Trinajstić information content (AvgIpc) is 2.52. The van der Waals surface area contributed by atoms with Crippen molar-refractivity contribution in [1.29, 1.82) is 5.26 Å². The second-order valence-corrected chi connectivity index (χ2v) is 5.94. The SMILES string of the molecule is CCOC(=O)c1cc(C#N)c(SCC(=O)N[C@H](C)CC)nc1C. The molecule has 6 nitrogen and oxygen atoms in total. The minimum absolute atomic E-state index is 0.109. The van der Waals surface area contributed by atoms with Gasteiger partial charge in [0, 0.05) is 6.04 Å². The Kier molecular flexibility index (Phi) is 7.55. The molecule has 0 radical (unpaired) electrons. The van der Waals surface area contributed by atoms with Crippen molar-refractivity contribution < 1.29 is 14.3 Å². The van der Waals surface area contributed by atoms with Crippen molar-refractivity contribution in [2.24, 2.45) is 0 Å². The molecule has 1 atom stereocenters. The van der Waals surface area contributed by atoms with Gasteiger partial charge in [0.25, 0.3) is 0 Å². The number of nitrogens with one attached hydrogen (secondary N) is 1. The number of aromatic nitrogens is 1. The number of aryl methyl sites for hydroxylation is 1. The van der Waals surface area contributed by atoms with Gasteiger partial charge >= 0.3 is 5.97 Å². The maximum atomic E-state index is 11.8. The van der Waals surface area contributed by atoms with Crippen molar-refractivity contribution in [2.75, 3.05) is 12.4 Å². The fourth-order valence-electron chi connectivity index (χ4n) is 1.74. The Hall–Kier alpha value is -2.07. The number of thioether (sulfide) groups is 1. The van der Waals surface area contributed by atoms with Crippen molar-refractivity contribution in [3.63, 3.8) is 0 Å². The largest absolute Gasteiger partial charge is 0.462 e. The van der Waals surface area contributed by atoms with Crippen LogP contribution in [0.2, 0.25) is 0 Å². The number of carbonyl (C=O) groups excluding carboxylic acids is 2. The molecule has 1 amide bonds. The van der Waals surface area contributed by atoms with Crippen molar-refractivity contribution in [2.45, 2.75) is 45.2 Å². The Bertz CT molecular complexity index is 626. The van der Waals surface area contributed by atoms with Crippen LogP contribution in [0.25, 0.3) is 0 Å². The maximum Gasteiger partial charge on any atom is 0.340 e. The molecule has 1 aromatic rings. The lowest BCUT2D eigenvalue weighted by Crippen LogP contribution is -2.33. The Labute approximate surface area is 140 Å². The van der Waals surface area contributed by atoms with Crippen LogP contribution >= 0.6 is 11.8 Å². The number of esters is 1. The molecule has 0 aliphatic carbocycles. The number of hydrogen-bond acceptors (Lipinski definition) is 6. The standard InChI is InChI=1S/C16H21N3O3S/c1-5-10(3)18-14(20)9-23-15-12(8-17)7-13(11(4)19-15)16(21)22-6-2/h7,10H,5-6,9H2,1-4H3,(H,18,20)/t10-/m1/s1. The Morgan fingerprint density at radius 3 is 2.74 bits per heavy atom. The van der Waals surface area contributed by atoms with Crippen molar-refractivity contribution in [1.82, 2.24) is 10.3 Å². The van der Waals surface area contributed by atoms with Crippen LogP contribution < -0.4 is 5.32 Å². The number of ether oxygens (including phenoxy) is 1. The van der Waals surface area contributed by atoms with Gasteiger partial charge in [0.1, 0.15) is 11.1 Å². The number of carbonyl (C=O) groups is 2. The highest BCUT2D eigenvalue weighted by Gasteiger charge is 2.17. The van der Waals surface area contributed by atoms with Crippen LogP contribution in [-0.2, 0) is 9.53 Å². The lowest BCUT2D eigenvalue weighted by atomic mass is 10.1. The first kappa shape index (κ1) is 19.0. The van der Waals surface area contributed by atoms with Gasteiger partial charge in [-0.3, -0.25) is 4.79 Å². The van der Waals surface area contributed by atoms with Gasteiger partial charge in [-0.1, -0.05) is 18.7 Å². The molecular weight excluding hydrogens is 314 g/mol. The van der Waals surface area contributed by atoms with Gasteiger partial charge in [0.2, 0.25) is 5.91 Å². The number of hydrogen-bond donors (Lipinski definition) is 1. The summed E-state index contributed by atoms with van der Waals surface area (Å²) in [7, 11) is 0. The normalized spacial score (nSPS) is 11.4. The fraction of sp³-hybridized carbons (Fsp3) is 0.500. The second-order valence-electron chi connectivity index (χ2n) is 4.97. The third kappa shape index (κ3) is 5.57. The van der Waals surface area contributed by atoms with Gasteiger partial charge in [-0.15, -0.1) is 0 Å². The van der Waals surface area contributed by atoms with Gasteiger partial charge in [-0.05, 0) is 33.3 Å². The van der Waals surface area contributed by atoms with E-state index in [0.717, 1.165) is 6.42 Å². The molecule has 0 spiro atoms. The quantitative estimate of drug-likeness (QED) is 0.608. The highest BCUT2D eigenvalue weighted by Crippen LogP contribution is 2.23. The van der Waals surface area contributed by atoms with E-state index in [2.05, 4.69) is 10.3 Å². The first-order valence-electron chi connectivity index (χ1n) is 7.43. The van der Waals surface area contributed by atoms with Crippen LogP contribution in [0.3, 0.4) is 0 Å². The molecule has 1 heterocycles. The first-order valence-corrected chi connectivity index (χ1v) is 8.42. The minimum atomic E-state index is -0.500. The number of nitrogens with zero attached hydrogens (tertiary/aromatic N) is 2. The third-order valence-corrected chi connectivity index (χ3v) is 4.14. The van der Waals surface area contributed by atoms with Gasteiger partial charge < -0.3 is 10.1 Å². The molecular formula is C16H21N3O3S. The predicted octanol–water partition coefficient (Wildman–Crippen LogP) is 2.45. The van der Waals surface area contributed by atoms with Crippen LogP contribution in [0.15, 0.2) is 11.1 Å². The molecule has 0 aromatic carbocycles. The lowest BCUT2D eigenvalue weighted by Gasteiger charge is -2.12. The molecule has 0 aliphatic heterocycles. The van der Waals surface area contributed by atoms with E-state index in [1.807, 2.05) is 19.9 Å². The van der Waals surface area contributed by atoms with Crippen LogP contribution in [0.5, 0.6) is 0 Å². The highest BCUT2D eigenvalue weighted by molar-refractivity contribution is 8.00. The second kappa shape index (κ2) is 9.16. The molecule has 1 rings (SSSR count). The Balaban J connectivity index is 2.88. The zero-order valence-corrected chi connectivity index (χ0v) is 14.6. The van der Waals surface area contributed by atoms with Crippen LogP contribution in [0.4, 0.5) is 0 Å². The molecule has 124 valence electrons. The topological polar surface area (TPSA) is 92.1 Å². The smallest absolute Gasteiger partial charge is 0.340 e. The van der Waals surface area contributed by atoms with E-state index >= 15 is 0 Å². The molecule has 1 N–H and O–H groups in total. The van der Waals surface area contributed by atoms with Crippen molar-refractivity contribution in [3.8, 4) is 6.07 Å². The molecule has 0 saturated carbocycles. The van der Waals surface area contributed by atoms with E-state index in [4.69, 9.17) is 4.74 Å². The summed E-state index contributed by atoms with van der Waals surface area (Å²) < 4.78 is 4.94. The van der Waals surface area contributed by atoms with E-state index < -0.39 is 5.97 Å².